The van der Waals surface area contributed by atoms with E-state index in [0.717, 1.165) is 4.47 Å². The van der Waals surface area contributed by atoms with Crippen molar-refractivity contribution in [3.63, 3.8) is 0 Å². The summed E-state index contributed by atoms with van der Waals surface area (Å²) in [7, 11) is 0. The van der Waals surface area contributed by atoms with Crippen LogP contribution in [0.15, 0.2) is 22.7 Å². The molecular weight excluding hydrogens is 272 g/mol. The van der Waals surface area contributed by atoms with Crippen molar-refractivity contribution >= 4 is 27.5 Å². The fourth-order valence-electron chi connectivity index (χ4n) is 1.28. The maximum Gasteiger partial charge on any atom is 0.253 e. The van der Waals surface area contributed by atoms with Crippen molar-refractivity contribution in [1.29, 1.82) is 0 Å². The van der Waals surface area contributed by atoms with Crippen molar-refractivity contribution < 1.29 is 9.90 Å². The van der Waals surface area contributed by atoms with Gasteiger partial charge in [0.15, 0.2) is 0 Å². The Labute approximate surface area is 103 Å². The summed E-state index contributed by atoms with van der Waals surface area (Å²) < 4.78 is 0.829. The van der Waals surface area contributed by atoms with Crippen LogP contribution in [-0.4, -0.2) is 23.7 Å². The first-order valence-corrected chi connectivity index (χ1v) is 5.84. The normalized spacial score (nSPS) is 12.2. The summed E-state index contributed by atoms with van der Waals surface area (Å²) in [5, 5.41) is 11.7. The second kappa shape index (κ2) is 5.86. The fourth-order valence-corrected chi connectivity index (χ4v) is 1.66. The minimum Gasteiger partial charge on any atom is -0.398 e. The molecule has 5 heteroatoms. The number of nitrogens with one attached hydrogen (secondary N) is 1. The molecule has 0 fully saturated rings. The van der Waals surface area contributed by atoms with Crippen LogP contribution in [0.25, 0.3) is 0 Å². The molecule has 0 aromatic heterocycles. The number of benzene rings is 1. The average Bonchev–Trinajstić information content (AvgIpc) is 2.25. The zero-order chi connectivity index (χ0) is 12.1. The minimum atomic E-state index is -0.258. The van der Waals surface area contributed by atoms with Crippen LogP contribution in [0.3, 0.4) is 0 Å². The molecule has 16 heavy (non-hydrogen) atoms. The van der Waals surface area contributed by atoms with Crippen LogP contribution in [0, 0.1) is 0 Å². The Balaban J connectivity index is 2.80. The molecule has 0 spiro atoms. The van der Waals surface area contributed by atoms with Gasteiger partial charge in [0, 0.05) is 10.2 Å². The molecule has 0 radical (unpaired) electrons. The molecule has 0 saturated carbocycles. The quantitative estimate of drug-likeness (QED) is 0.735. The number of rotatable bonds is 4. The van der Waals surface area contributed by atoms with E-state index in [4.69, 9.17) is 10.8 Å². The third-order valence-electron chi connectivity index (χ3n) is 2.31. The van der Waals surface area contributed by atoms with Gasteiger partial charge in [-0.3, -0.25) is 4.79 Å². The summed E-state index contributed by atoms with van der Waals surface area (Å²) in [6.07, 6.45) is 0.679. The summed E-state index contributed by atoms with van der Waals surface area (Å²) in [6, 6.07) is 4.86. The van der Waals surface area contributed by atoms with E-state index in [9.17, 15) is 4.79 Å². The van der Waals surface area contributed by atoms with Crippen molar-refractivity contribution in [3.05, 3.63) is 28.2 Å². The first-order valence-electron chi connectivity index (χ1n) is 5.05. The van der Waals surface area contributed by atoms with Gasteiger partial charge >= 0.3 is 0 Å². The lowest BCUT2D eigenvalue weighted by molar-refractivity contribution is 0.0916. The summed E-state index contributed by atoms with van der Waals surface area (Å²) in [6.45, 7) is 1.82. The largest absolute Gasteiger partial charge is 0.398 e. The number of amides is 1. The van der Waals surface area contributed by atoms with Crippen molar-refractivity contribution in [3.8, 4) is 0 Å². The Morgan fingerprint density at radius 2 is 2.31 bits per heavy atom. The Hall–Kier alpha value is -1.07. The van der Waals surface area contributed by atoms with E-state index < -0.39 is 0 Å². The fraction of sp³-hybridized carbons (Fsp3) is 0.364. The number of hydrogen-bond donors (Lipinski definition) is 3. The van der Waals surface area contributed by atoms with Gasteiger partial charge in [0.05, 0.1) is 18.2 Å². The van der Waals surface area contributed by atoms with Crippen molar-refractivity contribution in [2.75, 3.05) is 12.3 Å². The van der Waals surface area contributed by atoms with Crippen LogP contribution in [0.5, 0.6) is 0 Å². The number of aliphatic hydroxyl groups excluding tert-OH is 1. The van der Waals surface area contributed by atoms with Crippen LogP contribution < -0.4 is 11.1 Å². The zero-order valence-electron chi connectivity index (χ0n) is 9.03. The van der Waals surface area contributed by atoms with Crippen LogP contribution in [0.2, 0.25) is 0 Å². The van der Waals surface area contributed by atoms with Gasteiger partial charge in [0.1, 0.15) is 0 Å². The lowest BCUT2D eigenvalue weighted by Crippen LogP contribution is -2.37. The predicted octanol–water partition coefficient (Wildman–Crippen LogP) is 1.53. The van der Waals surface area contributed by atoms with Gasteiger partial charge in [-0.05, 0) is 24.6 Å². The van der Waals surface area contributed by atoms with Gasteiger partial charge in [-0.25, -0.2) is 0 Å². The van der Waals surface area contributed by atoms with Crippen molar-refractivity contribution in [2.45, 2.75) is 19.4 Å². The maximum absolute atomic E-state index is 11.8. The molecule has 0 aliphatic rings. The minimum absolute atomic E-state index is 0.0708. The predicted molar refractivity (Wildman–Crippen MR) is 67.2 cm³/mol. The molecule has 4 N–H and O–H groups in total. The van der Waals surface area contributed by atoms with E-state index in [1.54, 1.807) is 18.2 Å². The standard InChI is InChI=1S/C11H15BrN2O2/c1-2-8(6-15)14-11(16)9-4-3-7(12)5-10(9)13/h3-5,8,15H,2,6,13H2,1H3,(H,14,16)/t8-/m1/s1. The van der Waals surface area contributed by atoms with E-state index in [-0.39, 0.29) is 18.6 Å². The maximum atomic E-state index is 11.8. The Kier molecular flexibility index (Phi) is 4.76. The average molecular weight is 287 g/mol. The number of halogens is 1. The summed E-state index contributed by atoms with van der Waals surface area (Å²) in [5.74, 6) is -0.258. The summed E-state index contributed by atoms with van der Waals surface area (Å²) in [5.41, 5.74) is 6.57. The second-order valence-corrected chi connectivity index (χ2v) is 4.41. The number of carbonyl (C=O) groups is 1. The monoisotopic (exact) mass is 286 g/mol. The van der Waals surface area contributed by atoms with Gasteiger partial charge in [-0.2, -0.15) is 0 Å². The molecular formula is C11H15BrN2O2. The molecule has 1 aromatic carbocycles. The van der Waals surface area contributed by atoms with E-state index in [1.807, 2.05) is 6.92 Å². The molecule has 1 aromatic rings. The van der Waals surface area contributed by atoms with Crippen molar-refractivity contribution in [1.82, 2.24) is 5.32 Å². The van der Waals surface area contributed by atoms with Crippen LogP contribution in [0.4, 0.5) is 5.69 Å². The summed E-state index contributed by atoms with van der Waals surface area (Å²) in [4.78, 5) is 11.8. The zero-order valence-corrected chi connectivity index (χ0v) is 10.6. The highest BCUT2D eigenvalue weighted by molar-refractivity contribution is 9.10. The van der Waals surface area contributed by atoms with Gasteiger partial charge in [0.2, 0.25) is 0 Å². The van der Waals surface area contributed by atoms with Gasteiger partial charge in [-0.15, -0.1) is 0 Å². The molecule has 0 unspecified atom stereocenters. The molecule has 0 bridgehead atoms. The third-order valence-corrected chi connectivity index (χ3v) is 2.80. The number of nitrogen functional groups attached to an aromatic ring is 1. The third kappa shape index (κ3) is 3.21. The highest BCUT2D eigenvalue weighted by Crippen LogP contribution is 2.18. The van der Waals surface area contributed by atoms with Crippen LogP contribution in [0.1, 0.15) is 23.7 Å². The second-order valence-electron chi connectivity index (χ2n) is 3.49. The van der Waals surface area contributed by atoms with Gasteiger partial charge < -0.3 is 16.2 Å². The van der Waals surface area contributed by atoms with Gasteiger partial charge in [0.25, 0.3) is 5.91 Å². The smallest absolute Gasteiger partial charge is 0.253 e. The van der Waals surface area contributed by atoms with Gasteiger partial charge in [-0.1, -0.05) is 22.9 Å². The lowest BCUT2D eigenvalue weighted by Gasteiger charge is -2.14. The highest BCUT2D eigenvalue weighted by atomic mass is 79.9. The number of aliphatic hydroxyl groups is 1. The van der Waals surface area contributed by atoms with Crippen LogP contribution in [-0.2, 0) is 0 Å². The number of carbonyl (C=O) groups excluding carboxylic acids is 1. The first-order chi connectivity index (χ1) is 7.58. The Morgan fingerprint density at radius 3 is 2.81 bits per heavy atom. The van der Waals surface area contributed by atoms with E-state index in [2.05, 4.69) is 21.2 Å². The summed E-state index contributed by atoms with van der Waals surface area (Å²) >= 11 is 3.27. The lowest BCUT2D eigenvalue weighted by atomic mass is 10.1. The van der Waals surface area contributed by atoms with E-state index in [1.165, 1.54) is 0 Å². The first kappa shape index (κ1) is 13.0. The molecule has 0 aliphatic heterocycles. The van der Waals surface area contributed by atoms with E-state index >= 15 is 0 Å². The number of nitrogens with two attached hydrogens (primary N) is 1. The highest BCUT2D eigenvalue weighted by Gasteiger charge is 2.13. The number of anilines is 1. The Morgan fingerprint density at radius 1 is 1.62 bits per heavy atom. The molecule has 88 valence electrons. The molecule has 0 aliphatic carbocycles. The Bertz CT molecular complexity index is 378. The molecule has 0 heterocycles. The van der Waals surface area contributed by atoms with Crippen molar-refractivity contribution in [2.24, 2.45) is 0 Å². The topological polar surface area (TPSA) is 75.3 Å². The molecule has 4 nitrogen and oxygen atoms in total. The van der Waals surface area contributed by atoms with E-state index in [0.29, 0.717) is 17.7 Å². The molecule has 1 atom stereocenters. The number of hydrogen-bond acceptors (Lipinski definition) is 3. The SMILES string of the molecule is CC[C@H](CO)NC(=O)c1ccc(Br)cc1N. The van der Waals surface area contributed by atoms with Crippen LogP contribution >= 0.6 is 15.9 Å². The molecule has 1 rings (SSSR count). The molecule has 0 saturated heterocycles. The molecule has 1 amide bonds.